The highest BCUT2D eigenvalue weighted by atomic mass is 16.3. The van der Waals surface area contributed by atoms with Crippen LogP contribution < -0.4 is 21.3 Å². The van der Waals surface area contributed by atoms with Gasteiger partial charge >= 0.3 is 0 Å². The zero-order chi connectivity index (χ0) is 36.1. The summed E-state index contributed by atoms with van der Waals surface area (Å²) in [6, 6.07) is 41.0. The minimum Gasteiger partial charge on any atom is -0.456 e. The highest BCUT2D eigenvalue weighted by molar-refractivity contribution is 6.15. The topological polar surface area (TPSA) is 113 Å². The first kappa shape index (κ1) is 31.9. The zero-order valence-corrected chi connectivity index (χ0v) is 29.7. The fraction of sp³-hybridized carbons (Fsp3) is 0.0909. The van der Waals surface area contributed by atoms with Crippen LogP contribution in [0.2, 0.25) is 0 Å². The molecule has 0 unspecified atom stereocenters. The molecule has 3 heterocycles. The minimum absolute atomic E-state index is 0.488. The Morgan fingerprint density at radius 1 is 0.377 bits per heavy atom. The van der Waals surface area contributed by atoms with E-state index in [1.54, 1.807) is 0 Å². The van der Waals surface area contributed by atoms with Gasteiger partial charge in [-0.3, -0.25) is 0 Å². The summed E-state index contributed by atoms with van der Waals surface area (Å²) in [6.07, 6.45) is 0. The standard InChI is InChI=1S/C44H36N8O/c1-25-9-5-13-29(17-25)45-41-35-23-39-33(21-37(35)49-43(51-41)47-31-15-7-11-27(3)19-31)34-22-38-36(24-40(34)53-39)42(46-30-14-6-10-26(2)18-30)52-44(50-38)48-32-16-8-12-28(4)20-32/h5-24H,1-4H3,(H2,45,47,49,51)(H2,46,48,50,52). The van der Waals surface area contributed by atoms with Crippen molar-refractivity contribution in [3.05, 3.63) is 144 Å². The molecule has 9 heteroatoms. The van der Waals surface area contributed by atoms with Crippen molar-refractivity contribution in [2.24, 2.45) is 0 Å². The fourth-order valence-corrected chi connectivity index (χ4v) is 6.75. The molecule has 6 aromatic carbocycles. The van der Waals surface area contributed by atoms with Crippen LogP contribution in [0.1, 0.15) is 22.3 Å². The molecular weight excluding hydrogens is 657 g/mol. The second kappa shape index (κ2) is 13.0. The molecule has 0 bridgehead atoms. The van der Waals surface area contributed by atoms with E-state index in [2.05, 4.69) is 110 Å². The number of furan rings is 1. The molecule has 9 nitrogen and oxygen atoms in total. The first-order valence-corrected chi connectivity index (χ1v) is 17.5. The quantitative estimate of drug-likeness (QED) is 0.124. The van der Waals surface area contributed by atoms with Crippen LogP contribution in [0.4, 0.5) is 46.3 Å². The second-order valence-electron chi connectivity index (χ2n) is 13.6. The summed E-state index contributed by atoms with van der Waals surface area (Å²) in [5, 5.41) is 17.5. The van der Waals surface area contributed by atoms with Crippen molar-refractivity contribution < 1.29 is 4.42 Å². The highest BCUT2D eigenvalue weighted by Gasteiger charge is 2.18. The number of anilines is 8. The van der Waals surface area contributed by atoms with Crippen LogP contribution in [0.15, 0.2) is 126 Å². The van der Waals surface area contributed by atoms with Gasteiger partial charge in [0.2, 0.25) is 11.9 Å². The molecule has 0 aliphatic rings. The average Bonchev–Trinajstić information content (AvgIpc) is 3.46. The summed E-state index contributed by atoms with van der Waals surface area (Å²) in [4.78, 5) is 19.9. The molecule has 9 aromatic rings. The van der Waals surface area contributed by atoms with Crippen molar-refractivity contribution in [3.63, 3.8) is 0 Å². The fourth-order valence-electron chi connectivity index (χ4n) is 6.75. The Morgan fingerprint density at radius 3 is 1.09 bits per heavy atom. The van der Waals surface area contributed by atoms with E-state index in [-0.39, 0.29) is 0 Å². The van der Waals surface area contributed by atoms with Crippen LogP contribution in [0.3, 0.4) is 0 Å². The van der Waals surface area contributed by atoms with Crippen LogP contribution in [0.25, 0.3) is 43.7 Å². The number of benzene rings is 6. The predicted octanol–water partition coefficient (Wildman–Crippen LogP) is 11.7. The Balaban J connectivity index is 1.22. The molecule has 0 radical (unpaired) electrons. The Bertz CT molecular complexity index is 2670. The number of nitrogens with zero attached hydrogens (tertiary/aromatic N) is 4. The van der Waals surface area contributed by atoms with Gasteiger partial charge in [-0.05, 0) is 123 Å². The average molecular weight is 693 g/mol. The Morgan fingerprint density at radius 2 is 0.736 bits per heavy atom. The SMILES string of the molecule is Cc1cccc(Nc2nc(Nc3cccc(C)c3)c3cc4oc5cc6c(Nc7cccc(C)c7)nc(Nc7cccc(C)c7)nc6cc5c4cc3n2)c1. The molecule has 53 heavy (non-hydrogen) atoms. The largest absolute Gasteiger partial charge is 0.456 e. The maximum absolute atomic E-state index is 6.60. The van der Waals surface area contributed by atoms with E-state index in [1.807, 2.05) is 60.7 Å². The first-order valence-electron chi connectivity index (χ1n) is 17.5. The van der Waals surface area contributed by atoms with Crippen LogP contribution in [-0.2, 0) is 0 Å². The van der Waals surface area contributed by atoms with Gasteiger partial charge in [0.25, 0.3) is 0 Å². The number of nitrogens with one attached hydrogen (secondary N) is 4. The lowest BCUT2D eigenvalue weighted by Gasteiger charge is -2.13. The normalized spacial score (nSPS) is 11.4. The molecule has 0 atom stereocenters. The van der Waals surface area contributed by atoms with Crippen molar-refractivity contribution >= 4 is 90.0 Å². The van der Waals surface area contributed by atoms with Gasteiger partial charge in [0.1, 0.15) is 22.8 Å². The first-order chi connectivity index (χ1) is 25.8. The van der Waals surface area contributed by atoms with E-state index in [9.17, 15) is 0 Å². The molecule has 3 aromatic heterocycles. The van der Waals surface area contributed by atoms with Crippen LogP contribution in [-0.4, -0.2) is 19.9 Å². The Kier molecular flexibility index (Phi) is 7.81. The molecular formula is C44H36N8O. The lowest BCUT2D eigenvalue weighted by molar-refractivity contribution is 0.670. The number of aryl methyl sites for hydroxylation is 4. The molecule has 4 N–H and O–H groups in total. The minimum atomic E-state index is 0.488. The molecule has 0 spiro atoms. The summed E-state index contributed by atoms with van der Waals surface area (Å²) in [7, 11) is 0. The summed E-state index contributed by atoms with van der Waals surface area (Å²) in [5.74, 6) is 2.32. The molecule has 9 rings (SSSR count). The highest BCUT2D eigenvalue weighted by Crippen LogP contribution is 2.38. The van der Waals surface area contributed by atoms with Gasteiger partial charge in [0, 0.05) is 44.3 Å². The lowest BCUT2D eigenvalue weighted by Crippen LogP contribution is -2.03. The molecule has 0 saturated heterocycles. The van der Waals surface area contributed by atoms with Gasteiger partial charge in [0.05, 0.1) is 11.0 Å². The van der Waals surface area contributed by atoms with Crippen molar-refractivity contribution in [2.75, 3.05) is 21.3 Å². The van der Waals surface area contributed by atoms with Gasteiger partial charge in [-0.15, -0.1) is 0 Å². The van der Waals surface area contributed by atoms with Crippen LogP contribution >= 0.6 is 0 Å². The third-order valence-electron chi connectivity index (χ3n) is 9.21. The molecule has 0 saturated carbocycles. The van der Waals surface area contributed by atoms with Gasteiger partial charge in [0.15, 0.2) is 0 Å². The zero-order valence-electron chi connectivity index (χ0n) is 29.7. The van der Waals surface area contributed by atoms with Crippen molar-refractivity contribution in [1.82, 2.24) is 19.9 Å². The Labute approximate surface area is 306 Å². The predicted molar refractivity (Wildman–Crippen MR) is 218 cm³/mol. The summed E-state index contributed by atoms with van der Waals surface area (Å²) < 4.78 is 6.60. The number of rotatable bonds is 8. The molecule has 0 amide bonds. The van der Waals surface area contributed by atoms with Gasteiger partial charge in [-0.25, -0.2) is 9.97 Å². The molecule has 258 valence electrons. The molecule has 0 aliphatic carbocycles. The lowest BCUT2D eigenvalue weighted by atomic mass is 10.1. The third kappa shape index (κ3) is 6.52. The smallest absolute Gasteiger partial charge is 0.229 e. The van der Waals surface area contributed by atoms with Crippen LogP contribution in [0.5, 0.6) is 0 Å². The van der Waals surface area contributed by atoms with E-state index in [0.29, 0.717) is 23.5 Å². The van der Waals surface area contributed by atoms with E-state index >= 15 is 0 Å². The molecule has 0 aliphatic heterocycles. The third-order valence-corrected chi connectivity index (χ3v) is 9.21. The Hall–Kier alpha value is -7.00. The molecule has 0 fully saturated rings. The summed E-state index contributed by atoms with van der Waals surface area (Å²) in [5.41, 5.74) is 11.3. The summed E-state index contributed by atoms with van der Waals surface area (Å²) >= 11 is 0. The number of hydrogen-bond donors (Lipinski definition) is 4. The van der Waals surface area contributed by atoms with Gasteiger partial charge in [-0.1, -0.05) is 48.5 Å². The number of fused-ring (bicyclic) bond motifs is 5. The van der Waals surface area contributed by atoms with E-state index < -0.39 is 0 Å². The monoisotopic (exact) mass is 692 g/mol. The maximum atomic E-state index is 6.60. The van der Waals surface area contributed by atoms with Gasteiger partial charge in [-0.2, -0.15) is 9.97 Å². The van der Waals surface area contributed by atoms with E-state index in [0.717, 1.165) is 88.7 Å². The van der Waals surface area contributed by atoms with Gasteiger partial charge < -0.3 is 25.7 Å². The van der Waals surface area contributed by atoms with E-state index in [1.165, 1.54) is 0 Å². The van der Waals surface area contributed by atoms with Crippen molar-refractivity contribution in [1.29, 1.82) is 0 Å². The van der Waals surface area contributed by atoms with Crippen LogP contribution in [0, 0.1) is 27.7 Å². The number of hydrogen-bond acceptors (Lipinski definition) is 9. The van der Waals surface area contributed by atoms with Crippen molar-refractivity contribution in [3.8, 4) is 0 Å². The van der Waals surface area contributed by atoms with Crippen molar-refractivity contribution in [2.45, 2.75) is 27.7 Å². The number of aromatic nitrogens is 4. The van der Waals surface area contributed by atoms with E-state index in [4.69, 9.17) is 24.4 Å². The second-order valence-corrected chi connectivity index (χ2v) is 13.6. The summed E-state index contributed by atoms with van der Waals surface area (Å²) in [6.45, 7) is 8.28. The maximum Gasteiger partial charge on any atom is 0.229 e.